The van der Waals surface area contributed by atoms with E-state index in [1.54, 1.807) is 4.90 Å². The van der Waals surface area contributed by atoms with E-state index in [1.165, 1.54) is 5.39 Å². The van der Waals surface area contributed by atoms with Gasteiger partial charge in [0.1, 0.15) is 5.92 Å². The molecule has 2 amide bonds. The molecule has 0 spiro atoms. The van der Waals surface area contributed by atoms with Crippen LogP contribution in [-0.4, -0.2) is 29.5 Å². The maximum Gasteiger partial charge on any atom is 0.239 e. The predicted octanol–water partition coefficient (Wildman–Crippen LogP) is 2.81. The fourth-order valence-corrected chi connectivity index (χ4v) is 3.55. The van der Waals surface area contributed by atoms with E-state index >= 15 is 0 Å². The third-order valence-electron chi connectivity index (χ3n) is 4.92. The van der Waals surface area contributed by atoms with Gasteiger partial charge in [0.25, 0.3) is 0 Å². The number of benzene rings is 2. The van der Waals surface area contributed by atoms with Crippen molar-refractivity contribution >= 4 is 28.4 Å². The lowest BCUT2D eigenvalue weighted by Crippen LogP contribution is -2.38. The second-order valence-electron chi connectivity index (χ2n) is 6.53. The smallest absolute Gasteiger partial charge is 0.239 e. The quantitative estimate of drug-likeness (QED) is 0.722. The zero-order valence-corrected chi connectivity index (χ0v) is 14.5. The van der Waals surface area contributed by atoms with Crippen molar-refractivity contribution in [3.63, 3.8) is 0 Å². The van der Waals surface area contributed by atoms with Gasteiger partial charge in [-0.05, 0) is 36.1 Å². The molecular formula is C21H21N3O2. The van der Waals surface area contributed by atoms with Crippen LogP contribution in [0.25, 0.3) is 10.9 Å². The summed E-state index contributed by atoms with van der Waals surface area (Å²) in [6.07, 6.45) is 2.58. The van der Waals surface area contributed by atoms with Crippen molar-refractivity contribution in [3.05, 3.63) is 66.9 Å². The van der Waals surface area contributed by atoms with Gasteiger partial charge in [-0.25, -0.2) is 0 Å². The van der Waals surface area contributed by atoms with Crippen LogP contribution in [0.5, 0.6) is 0 Å². The average Bonchev–Trinajstić information content (AvgIpc) is 3.26. The molecule has 0 saturated carbocycles. The van der Waals surface area contributed by atoms with Crippen LogP contribution in [-0.2, 0) is 16.1 Å². The predicted molar refractivity (Wildman–Crippen MR) is 102 cm³/mol. The molecule has 5 heteroatoms. The van der Waals surface area contributed by atoms with Crippen LogP contribution in [0, 0.1) is 5.92 Å². The summed E-state index contributed by atoms with van der Waals surface area (Å²) in [5.41, 5.74) is 2.00. The molecule has 1 aliphatic heterocycles. The second-order valence-corrected chi connectivity index (χ2v) is 6.53. The average molecular weight is 347 g/mol. The minimum atomic E-state index is -0.586. The maximum absolute atomic E-state index is 12.6. The molecule has 0 aliphatic carbocycles. The molecule has 26 heavy (non-hydrogen) atoms. The number of nitrogens with one attached hydrogen (secondary N) is 1. The number of nitrogens with zero attached hydrogens (tertiary/aromatic N) is 2. The molecular weight excluding hydrogens is 326 g/mol. The van der Waals surface area contributed by atoms with Gasteiger partial charge in [-0.1, -0.05) is 36.4 Å². The molecule has 0 radical (unpaired) electrons. The lowest BCUT2D eigenvalue weighted by Gasteiger charge is -2.16. The molecule has 5 nitrogen and oxygen atoms in total. The molecule has 1 fully saturated rings. The number of carbonyl (C=O) groups is 2. The fourth-order valence-electron chi connectivity index (χ4n) is 3.55. The van der Waals surface area contributed by atoms with Crippen LogP contribution < -0.4 is 10.2 Å². The van der Waals surface area contributed by atoms with Gasteiger partial charge in [-0.2, -0.15) is 0 Å². The van der Waals surface area contributed by atoms with Gasteiger partial charge >= 0.3 is 0 Å². The van der Waals surface area contributed by atoms with Crippen molar-refractivity contribution in [3.8, 4) is 0 Å². The Morgan fingerprint density at radius 1 is 1.04 bits per heavy atom. The van der Waals surface area contributed by atoms with Gasteiger partial charge in [0.15, 0.2) is 0 Å². The summed E-state index contributed by atoms with van der Waals surface area (Å²) in [4.78, 5) is 26.7. The second kappa shape index (κ2) is 7.04. The van der Waals surface area contributed by atoms with Crippen molar-refractivity contribution in [1.82, 2.24) is 9.88 Å². The fraction of sp³-hybridized carbons (Fsp3) is 0.238. The Labute approximate surface area is 152 Å². The zero-order valence-electron chi connectivity index (χ0n) is 14.5. The summed E-state index contributed by atoms with van der Waals surface area (Å²) in [6, 6.07) is 19.7. The number of para-hydroxylation sites is 2. The highest BCUT2D eigenvalue weighted by Crippen LogP contribution is 2.25. The first kappa shape index (κ1) is 16.4. The number of aromatic nitrogens is 1. The summed E-state index contributed by atoms with van der Waals surface area (Å²) < 4.78 is 2.11. The Morgan fingerprint density at radius 3 is 2.65 bits per heavy atom. The molecule has 2 aromatic carbocycles. The highest BCUT2D eigenvalue weighted by Gasteiger charge is 2.37. The summed E-state index contributed by atoms with van der Waals surface area (Å²) in [7, 11) is 0. The number of hydrogen-bond donors (Lipinski definition) is 1. The molecule has 132 valence electrons. The van der Waals surface area contributed by atoms with Gasteiger partial charge < -0.3 is 14.8 Å². The van der Waals surface area contributed by atoms with Crippen molar-refractivity contribution in [2.45, 2.75) is 13.0 Å². The van der Waals surface area contributed by atoms with Crippen LogP contribution in [0.3, 0.4) is 0 Å². The third-order valence-corrected chi connectivity index (χ3v) is 4.92. The zero-order chi connectivity index (χ0) is 17.9. The van der Waals surface area contributed by atoms with Gasteiger partial charge in [0, 0.05) is 37.0 Å². The first-order valence-corrected chi connectivity index (χ1v) is 8.92. The number of fused-ring (bicyclic) bond motifs is 1. The van der Waals surface area contributed by atoms with Crippen molar-refractivity contribution in [2.24, 2.45) is 5.92 Å². The highest BCUT2D eigenvalue weighted by molar-refractivity contribution is 6.09. The van der Waals surface area contributed by atoms with Gasteiger partial charge in [0.05, 0.1) is 0 Å². The van der Waals surface area contributed by atoms with Crippen LogP contribution in [0.2, 0.25) is 0 Å². The van der Waals surface area contributed by atoms with Gasteiger partial charge in [-0.3, -0.25) is 9.59 Å². The molecule has 2 heterocycles. The summed E-state index contributed by atoms with van der Waals surface area (Å²) in [5, 5.41) is 4.11. The van der Waals surface area contributed by atoms with Crippen molar-refractivity contribution in [2.75, 3.05) is 18.0 Å². The van der Waals surface area contributed by atoms with E-state index in [0.29, 0.717) is 26.1 Å². The molecule has 1 atom stereocenters. The molecule has 1 N–H and O–H groups in total. The molecule has 4 rings (SSSR count). The molecule has 1 aromatic heterocycles. The SMILES string of the molecule is O=C(NCCn1ccc2ccccc21)[C@@H]1CCN(c2ccccc2)C1=O. The summed E-state index contributed by atoms with van der Waals surface area (Å²) >= 11 is 0. The normalized spacial score (nSPS) is 17.0. The van der Waals surface area contributed by atoms with Gasteiger partial charge in [-0.15, -0.1) is 0 Å². The topological polar surface area (TPSA) is 54.3 Å². The van der Waals surface area contributed by atoms with Crippen LogP contribution in [0.4, 0.5) is 5.69 Å². The molecule has 0 bridgehead atoms. The van der Waals surface area contributed by atoms with Crippen LogP contribution in [0.1, 0.15) is 6.42 Å². The lowest BCUT2D eigenvalue weighted by molar-refractivity contribution is -0.132. The first-order valence-electron chi connectivity index (χ1n) is 8.92. The standard InChI is InChI=1S/C21H21N3O2/c25-20(18-11-14-24(21(18)26)17-7-2-1-3-8-17)22-12-15-23-13-10-16-6-4-5-9-19(16)23/h1-10,13,18H,11-12,14-15H2,(H,22,25)/t18-/m0/s1. The lowest BCUT2D eigenvalue weighted by atomic mass is 10.1. The monoisotopic (exact) mass is 347 g/mol. The van der Waals surface area contributed by atoms with E-state index in [0.717, 1.165) is 11.2 Å². The summed E-state index contributed by atoms with van der Waals surface area (Å²) in [5.74, 6) is -0.874. The van der Waals surface area contributed by atoms with Gasteiger partial charge in [0.2, 0.25) is 11.8 Å². The van der Waals surface area contributed by atoms with E-state index in [1.807, 2.05) is 48.7 Å². The molecule has 3 aromatic rings. The van der Waals surface area contributed by atoms with E-state index in [2.05, 4.69) is 28.1 Å². The van der Waals surface area contributed by atoms with E-state index in [4.69, 9.17) is 0 Å². The Morgan fingerprint density at radius 2 is 1.81 bits per heavy atom. The Bertz CT molecular complexity index is 933. The van der Waals surface area contributed by atoms with Crippen LogP contribution in [0.15, 0.2) is 66.9 Å². The minimum Gasteiger partial charge on any atom is -0.354 e. The Balaban J connectivity index is 1.35. The third kappa shape index (κ3) is 3.08. The number of amides is 2. The molecule has 0 unspecified atom stereocenters. The summed E-state index contributed by atoms with van der Waals surface area (Å²) in [6.45, 7) is 1.78. The van der Waals surface area contributed by atoms with E-state index < -0.39 is 5.92 Å². The molecule has 1 saturated heterocycles. The Hall–Kier alpha value is -3.08. The van der Waals surface area contributed by atoms with Crippen molar-refractivity contribution in [1.29, 1.82) is 0 Å². The minimum absolute atomic E-state index is 0.111. The first-order chi connectivity index (χ1) is 12.7. The van der Waals surface area contributed by atoms with Crippen molar-refractivity contribution < 1.29 is 9.59 Å². The van der Waals surface area contributed by atoms with Crippen LogP contribution >= 0.6 is 0 Å². The number of rotatable bonds is 5. The number of carbonyl (C=O) groups excluding carboxylic acids is 2. The number of hydrogen-bond acceptors (Lipinski definition) is 2. The molecule has 1 aliphatic rings. The highest BCUT2D eigenvalue weighted by atomic mass is 16.2. The Kier molecular flexibility index (Phi) is 4.44. The largest absolute Gasteiger partial charge is 0.354 e. The van der Waals surface area contributed by atoms with E-state index in [-0.39, 0.29) is 11.8 Å². The number of anilines is 1. The maximum atomic E-state index is 12.6. The van der Waals surface area contributed by atoms with E-state index in [9.17, 15) is 9.59 Å².